The van der Waals surface area contributed by atoms with E-state index in [1.807, 2.05) is 18.2 Å². The number of hydrogen-bond donors (Lipinski definition) is 0. The fraction of sp³-hybridized carbons (Fsp3) is 0.412. The van der Waals surface area contributed by atoms with Crippen molar-refractivity contribution in [3.8, 4) is 17.4 Å². The highest BCUT2D eigenvalue weighted by molar-refractivity contribution is 5.54. The molecule has 0 N–H and O–H groups in total. The second-order valence-electron chi connectivity index (χ2n) is 6.16. The van der Waals surface area contributed by atoms with Crippen molar-refractivity contribution < 1.29 is 14.2 Å². The second kappa shape index (κ2) is 5.15. The predicted molar refractivity (Wildman–Crippen MR) is 86.2 cm³/mol. The van der Waals surface area contributed by atoms with E-state index in [0.717, 1.165) is 10.1 Å². The number of aromatic nitrogens is 2. The number of rotatable bonds is 1. The number of fused-ring (bicyclic) bond motifs is 5. The van der Waals surface area contributed by atoms with Crippen molar-refractivity contribution in [2.45, 2.75) is 5.92 Å². The van der Waals surface area contributed by atoms with Crippen molar-refractivity contribution >= 4 is 0 Å². The van der Waals surface area contributed by atoms with E-state index in [1.54, 1.807) is 14.2 Å². The van der Waals surface area contributed by atoms with E-state index in [0.29, 0.717) is 36.2 Å². The molecule has 2 aromatic rings. The zero-order chi connectivity index (χ0) is 17.0. The van der Waals surface area contributed by atoms with E-state index in [4.69, 9.17) is 14.2 Å². The number of para-hydroxylation sites is 1. The number of nitrogens with zero attached hydrogens (tertiary/aromatic N) is 2. The Labute approximate surface area is 138 Å². The Bertz CT molecular complexity index is 943. The van der Waals surface area contributed by atoms with Crippen LogP contribution >= 0.6 is 0 Å². The maximum atomic E-state index is 12.8. The van der Waals surface area contributed by atoms with Gasteiger partial charge in [0.05, 0.1) is 25.9 Å². The molecule has 0 bridgehead atoms. The first kappa shape index (κ1) is 14.9. The van der Waals surface area contributed by atoms with Crippen molar-refractivity contribution in [2.24, 2.45) is 20.0 Å². The van der Waals surface area contributed by atoms with E-state index in [1.165, 1.54) is 11.6 Å². The van der Waals surface area contributed by atoms with Gasteiger partial charge in [-0.25, -0.2) is 4.79 Å². The van der Waals surface area contributed by atoms with Gasteiger partial charge in [0.15, 0.2) is 11.5 Å². The molecule has 2 aliphatic heterocycles. The standard InChI is InChI=1S/C17H18N2O5/c1-18-15(20)13-12-9(8-24-16(13)19(2)17(18)21)7-23-14-10(12)5-4-6-11(14)22-3/h4-6,9,12H,7-8H2,1-3H3/t9-,12-/m0/s1. The normalized spacial score (nSPS) is 21.0. The summed E-state index contributed by atoms with van der Waals surface area (Å²) < 4.78 is 19.5. The van der Waals surface area contributed by atoms with Crippen LogP contribution in [0.5, 0.6) is 17.4 Å². The van der Waals surface area contributed by atoms with Crippen LogP contribution in [0, 0.1) is 5.92 Å². The molecule has 0 unspecified atom stereocenters. The molecule has 2 atom stereocenters. The second-order valence-corrected chi connectivity index (χ2v) is 6.16. The third kappa shape index (κ3) is 1.84. The highest BCUT2D eigenvalue weighted by Crippen LogP contribution is 2.48. The van der Waals surface area contributed by atoms with E-state index < -0.39 is 5.69 Å². The molecule has 7 nitrogen and oxygen atoms in total. The maximum absolute atomic E-state index is 12.8. The van der Waals surface area contributed by atoms with Crippen LogP contribution in [-0.2, 0) is 14.1 Å². The molecule has 0 fully saturated rings. The first-order chi connectivity index (χ1) is 11.5. The number of methoxy groups -OCH3 is 1. The van der Waals surface area contributed by atoms with E-state index in [-0.39, 0.29) is 17.4 Å². The van der Waals surface area contributed by atoms with Gasteiger partial charge in [-0.05, 0) is 6.07 Å². The zero-order valence-electron chi connectivity index (χ0n) is 13.7. The van der Waals surface area contributed by atoms with Crippen LogP contribution < -0.4 is 25.5 Å². The van der Waals surface area contributed by atoms with Gasteiger partial charge in [0.1, 0.15) is 0 Å². The third-order valence-corrected chi connectivity index (χ3v) is 4.87. The monoisotopic (exact) mass is 330 g/mol. The fourth-order valence-electron chi connectivity index (χ4n) is 3.65. The third-order valence-electron chi connectivity index (χ3n) is 4.87. The van der Waals surface area contributed by atoms with Gasteiger partial charge >= 0.3 is 5.69 Å². The first-order valence-corrected chi connectivity index (χ1v) is 7.77. The van der Waals surface area contributed by atoms with E-state index in [2.05, 4.69) is 0 Å². The molecule has 24 heavy (non-hydrogen) atoms. The summed E-state index contributed by atoms with van der Waals surface area (Å²) in [6.45, 7) is 0.832. The Morgan fingerprint density at radius 3 is 2.62 bits per heavy atom. The van der Waals surface area contributed by atoms with Crippen LogP contribution in [0.15, 0.2) is 27.8 Å². The topological polar surface area (TPSA) is 71.7 Å². The average molecular weight is 330 g/mol. The van der Waals surface area contributed by atoms with Crippen molar-refractivity contribution in [1.82, 2.24) is 9.13 Å². The lowest BCUT2D eigenvalue weighted by Gasteiger charge is -2.38. The molecular weight excluding hydrogens is 312 g/mol. The van der Waals surface area contributed by atoms with Gasteiger partial charge in [0, 0.05) is 31.5 Å². The molecule has 0 radical (unpaired) electrons. The van der Waals surface area contributed by atoms with Gasteiger partial charge in [0.25, 0.3) is 5.56 Å². The molecule has 0 spiro atoms. The van der Waals surface area contributed by atoms with Crippen molar-refractivity contribution in [3.63, 3.8) is 0 Å². The summed E-state index contributed by atoms with van der Waals surface area (Å²) in [6.07, 6.45) is 0. The fourth-order valence-corrected chi connectivity index (χ4v) is 3.65. The number of benzene rings is 1. The highest BCUT2D eigenvalue weighted by Gasteiger charge is 2.42. The first-order valence-electron chi connectivity index (χ1n) is 7.77. The van der Waals surface area contributed by atoms with Crippen LogP contribution in [0.25, 0.3) is 0 Å². The van der Waals surface area contributed by atoms with Crippen molar-refractivity contribution in [3.05, 3.63) is 50.2 Å². The molecule has 3 heterocycles. The van der Waals surface area contributed by atoms with Crippen LogP contribution in [0.2, 0.25) is 0 Å². The largest absolute Gasteiger partial charge is 0.493 e. The van der Waals surface area contributed by atoms with Gasteiger partial charge in [-0.1, -0.05) is 12.1 Å². The van der Waals surface area contributed by atoms with Gasteiger partial charge in [-0.3, -0.25) is 13.9 Å². The smallest absolute Gasteiger partial charge is 0.333 e. The predicted octanol–water partition coefficient (Wildman–Crippen LogP) is 0.625. The lowest BCUT2D eigenvalue weighted by molar-refractivity contribution is 0.113. The summed E-state index contributed by atoms with van der Waals surface area (Å²) in [4.78, 5) is 25.0. The minimum Gasteiger partial charge on any atom is -0.493 e. The zero-order valence-corrected chi connectivity index (χ0v) is 13.7. The SMILES string of the molecule is COc1cccc2c1OC[C@H]1COc3c(c(=O)n(C)c(=O)n3C)[C@H]21. The summed E-state index contributed by atoms with van der Waals surface area (Å²) in [5, 5.41) is 0. The molecule has 4 rings (SSSR count). The lowest BCUT2D eigenvalue weighted by Crippen LogP contribution is -2.46. The van der Waals surface area contributed by atoms with Gasteiger partial charge in [0.2, 0.25) is 5.88 Å². The summed E-state index contributed by atoms with van der Waals surface area (Å²) in [5.41, 5.74) is 0.688. The molecule has 0 saturated heterocycles. The summed E-state index contributed by atoms with van der Waals surface area (Å²) in [5.74, 6) is 1.48. The van der Waals surface area contributed by atoms with Crippen LogP contribution in [0.3, 0.4) is 0 Å². The van der Waals surface area contributed by atoms with Gasteiger partial charge in [-0.2, -0.15) is 0 Å². The summed E-state index contributed by atoms with van der Waals surface area (Å²) in [7, 11) is 4.69. The van der Waals surface area contributed by atoms with Crippen molar-refractivity contribution in [1.29, 1.82) is 0 Å². The van der Waals surface area contributed by atoms with E-state index in [9.17, 15) is 9.59 Å². The Hall–Kier alpha value is -2.70. The number of ether oxygens (including phenoxy) is 3. The average Bonchev–Trinajstić information content (AvgIpc) is 2.62. The summed E-state index contributed by atoms with van der Waals surface area (Å²) in [6, 6.07) is 5.65. The molecule has 126 valence electrons. The maximum Gasteiger partial charge on any atom is 0.333 e. The molecule has 2 aliphatic rings. The van der Waals surface area contributed by atoms with Crippen LogP contribution in [-0.4, -0.2) is 29.5 Å². The quantitative estimate of drug-likeness (QED) is 0.767. The Balaban J connectivity index is 2.03. The molecule has 0 amide bonds. The molecule has 7 heteroatoms. The molecule has 1 aromatic carbocycles. The molecular formula is C17H18N2O5. The minimum absolute atomic E-state index is 0.0160. The Kier molecular flexibility index (Phi) is 3.19. The lowest BCUT2D eigenvalue weighted by atomic mass is 9.78. The van der Waals surface area contributed by atoms with Gasteiger partial charge < -0.3 is 14.2 Å². The Morgan fingerprint density at radius 1 is 1.12 bits per heavy atom. The number of hydrogen-bond acceptors (Lipinski definition) is 5. The van der Waals surface area contributed by atoms with Crippen molar-refractivity contribution in [2.75, 3.05) is 20.3 Å². The molecule has 0 saturated carbocycles. The highest BCUT2D eigenvalue weighted by atomic mass is 16.5. The summed E-state index contributed by atoms with van der Waals surface area (Å²) >= 11 is 0. The Morgan fingerprint density at radius 2 is 1.88 bits per heavy atom. The van der Waals surface area contributed by atoms with E-state index >= 15 is 0 Å². The van der Waals surface area contributed by atoms with Crippen LogP contribution in [0.4, 0.5) is 0 Å². The van der Waals surface area contributed by atoms with Crippen LogP contribution in [0.1, 0.15) is 17.0 Å². The molecule has 1 aromatic heterocycles. The molecule has 0 aliphatic carbocycles. The minimum atomic E-state index is -0.393. The van der Waals surface area contributed by atoms with Gasteiger partial charge in [-0.15, -0.1) is 0 Å².